The average Bonchev–Trinajstić information content (AvgIpc) is 2.30. The highest BCUT2D eigenvalue weighted by Gasteiger charge is 2.27. The maximum Gasteiger partial charge on any atom is 0.151 e. The van der Waals surface area contributed by atoms with Crippen LogP contribution in [0.5, 0.6) is 0 Å². The number of aromatic nitrogens is 2. The summed E-state index contributed by atoms with van der Waals surface area (Å²) in [6.45, 7) is 5.19. The van der Waals surface area contributed by atoms with Crippen LogP contribution in [-0.4, -0.2) is 16.3 Å². The van der Waals surface area contributed by atoms with Crippen LogP contribution in [0.15, 0.2) is 12.1 Å². The lowest BCUT2D eigenvalue weighted by Gasteiger charge is -2.34. The zero-order chi connectivity index (χ0) is 12.3. The first kappa shape index (κ1) is 12.8. The molecule has 1 fully saturated rings. The summed E-state index contributed by atoms with van der Waals surface area (Å²) in [5.41, 5.74) is 1.33. The molecule has 0 saturated heterocycles. The second-order valence-corrected chi connectivity index (χ2v) is 5.91. The Hall–Kier alpha value is -0.670. The Morgan fingerprint density at radius 2 is 2.00 bits per heavy atom. The SMILES string of the molecule is CC1(C)CCC(OCc2ccc(Cl)nn2)CC1. The zero-order valence-electron chi connectivity index (χ0n) is 10.4. The lowest BCUT2D eigenvalue weighted by Crippen LogP contribution is -2.26. The zero-order valence-corrected chi connectivity index (χ0v) is 11.2. The van der Waals surface area contributed by atoms with Crippen LogP contribution in [-0.2, 0) is 11.3 Å². The van der Waals surface area contributed by atoms with Gasteiger partial charge >= 0.3 is 0 Å². The van der Waals surface area contributed by atoms with Crippen molar-refractivity contribution < 1.29 is 4.74 Å². The van der Waals surface area contributed by atoms with Crippen LogP contribution < -0.4 is 0 Å². The second-order valence-electron chi connectivity index (χ2n) is 5.52. The molecule has 3 nitrogen and oxygen atoms in total. The van der Waals surface area contributed by atoms with Gasteiger partial charge in [-0.25, -0.2) is 0 Å². The molecule has 0 aliphatic heterocycles. The molecule has 2 rings (SSSR count). The Morgan fingerprint density at radius 1 is 1.29 bits per heavy atom. The fourth-order valence-electron chi connectivity index (χ4n) is 2.16. The van der Waals surface area contributed by atoms with Gasteiger partial charge in [0.1, 0.15) is 0 Å². The van der Waals surface area contributed by atoms with Crippen molar-refractivity contribution in [1.82, 2.24) is 10.2 Å². The molecule has 0 aromatic carbocycles. The van der Waals surface area contributed by atoms with E-state index in [4.69, 9.17) is 16.3 Å². The monoisotopic (exact) mass is 254 g/mol. The van der Waals surface area contributed by atoms with Gasteiger partial charge in [0.2, 0.25) is 0 Å². The predicted molar refractivity (Wildman–Crippen MR) is 67.9 cm³/mol. The molecular weight excluding hydrogens is 236 g/mol. The predicted octanol–water partition coefficient (Wildman–Crippen LogP) is 3.62. The fraction of sp³-hybridized carbons (Fsp3) is 0.692. The van der Waals surface area contributed by atoms with Crippen molar-refractivity contribution >= 4 is 11.6 Å². The maximum absolute atomic E-state index is 5.86. The molecule has 94 valence electrons. The maximum atomic E-state index is 5.86. The molecule has 1 heterocycles. The topological polar surface area (TPSA) is 35.0 Å². The van der Waals surface area contributed by atoms with Crippen LogP contribution in [0.1, 0.15) is 45.2 Å². The third-order valence-corrected chi connectivity index (χ3v) is 3.64. The van der Waals surface area contributed by atoms with E-state index in [0.29, 0.717) is 23.3 Å². The molecule has 1 aliphatic rings. The quantitative estimate of drug-likeness (QED) is 0.827. The highest BCUT2D eigenvalue weighted by atomic mass is 35.5. The van der Waals surface area contributed by atoms with Crippen LogP contribution in [0.2, 0.25) is 5.15 Å². The molecular formula is C13H19ClN2O. The highest BCUT2D eigenvalue weighted by molar-refractivity contribution is 6.29. The van der Waals surface area contributed by atoms with Crippen LogP contribution in [0.4, 0.5) is 0 Å². The lowest BCUT2D eigenvalue weighted by molar-refractivity contribution is -0.00713. The lowest BCUT2D eigenvalue weighted by atomic mass is 9.76. The molecule has 4 heteroatoms. The largest absolute Gasteiger partial charge is 0.372 e. The van der Waals surface area contributed by atoms with E-state index in [1.165, 1.54) is 12.8 Å². The molecule has 17 heavy (non-hydrogen) atoms. The van der Waals surface area contributed by atoms with E-state index in [-0.39, 0.29) is 0 Å². The van der Waals surface area contributed by atoms with Crippen LogP contribution in [0.3, 0.4) is 0 Å². The van der Waals surface area contributed by atoms with Gasteiger partial charge in [0.05, 0.1) is 18.4 Å². The summed E-state index contributed by atoms with van der Waals surface area (Å²) in [6.07, 6.45) is 5.15. The van der Waals surface area contributed by atoms with Gasteiger partial charge in [-0.15, -0.1) is 5.10 Å². The van der Waals surface area contributed by atoms with Gasteiger partial charge in [-0.05, 0) is 43.2 Å². The number of rotatable bonds is 3. The van der Waals surface area contributed by atoms with Gasteiger partial charge in [0, 0.05) is 0 Å². The Morgan fingerprint density at radius 3 is 2.59 bits per heavy atom. The summed E-state index contributed by atoms with van der Waals surface area (Å²) >= 11 is 5.68. The first-order chi connectivity index (χ1) is 8.05. The van der Waals surface area contributed by atoms with Crippen LogP contribution >= 0.6 is 11.6 Å². The summed E-state index contributed by atoms with van der Waals surface area (Å²) in [5.74, 6) is 0. The minimum Gasteiger partial charge on any atom is -0.372 e. The van der Waals surface area contributed by atoms with Crippen LogP contribution in [0.25, 0.3) is 0 Å². The number of hydrogen-bond donors (Lipinski definition) is 0. The molecule has 0 unspecified atom stereocenters. The molecule has 0 spiro atoms. The van der Waals surface area contributed by atoms with E-state index in [1.807, 2.05) is 6.07 Å². The third kappa shape index (κ3) is 3.93. The highest BCUT2D eigenvalue weighted by Crippen LogP contribution is 2.36. The van der Waals surface area contributed by atoms with E-state index < -0.39 is 0 Å². The first-order valence-corrected chi connectivity index (χ1v) is 6.53. The van der Waals surface area contributed by atoms with Crippen molar-refractivity contribution in [1.29, 1.82) is 0 Å². The minimum atomic E-state index is 0.375. The molecule has 1 saturated carbocycles. The summed E-state index contributed by atoms with van der Waals surface area (Å²) in [7, 11) is 0. The molecule has 0 atom stereocenters. The van der Waals surface area contributed by atoms with E-state index in [1.54, 1.807) is 6.07 Å². The summed E-state index contributed by atoms with van der Waals surface area (Å²) in [6, 6.07) is 3.61. The van der Waals surface area contributed by atoms with E-state index in [0.717, 1.165) is 18.5 Å². The van der Waals surface area contributed by atoms with Gasteiger partial charge in [-0.1, -0.05) is 25.4 Å². The van der Waals surface area contributed by atoms with E-state index in [9.17, 15) is 0 Å². The number of nitrogens with zero attached hydrogens (tertiary/aromatic N) is 2. The van der Waals surface area contributed by atoms with Crippen molar-refractivity contribution in [3.8, 4) is 0 Å². The van der Waals surface area contributed by atoms with Gasteiger partial charge < -0.3 is 4.74 Å². The number of hydrogen-bond acceptors (Lipinski definition) is 3. The van der Waals surface area contributed by atoms with E-state index in [2.05, 4.69) is 24.0 Å². The van der Waals surface area contributed by atoms with Crippen molar-refractivity contribution in [2.24, 2.45) is 5.41 Å². The van der Waals surface area contributed by atoms with Crippen molar-refractivity contribution in [2.75, 3.05) is 0 Å². The fourth-order valence-corrected chi connectivity index (χ4v) is 2.26. The third-order valence-electron chi connectivity index (χ3n) is 3.44. The standard InChI is InChI=1S/C13H19ClN2O/c1-13(2)7-5-11(6-8-13)17-9-10-3-4-12(14)16-15-10/h3-4,11H,5-9H2,1-2H3. The second kappa shape index (κ2) is 5.32. The van der Waals surface area contributed by atoms with Crippen molar-refractivity contribution in [3.63, 3.8) is 0 Å². The van der Waals surface area contributed by atoms with Crippen LogP contribution in [0, 0.1) is 5.41 Å². The van der Waals surface area contributed by atoms with Crippen molar-refractivity contribution in [2.45, 2.75) is 52.2 Å². The van der Waals surface area contributed by atoms with Gasteiger partial charge in [-0.3, -0.25) is 0 Å². The molecule has 0 bridgehead atoms. The first-order valence-electron chi connectivity index (χ1n) is 6.15. The molecule has 0 radical (unpaired) electrons. The molecule has 1 aromatic heterocycles. The summed E-state index contributed by atoms with van der Waals surface area (Å²) in [4.78, 5) is 0. The Bertz CT molecular complexity index is 354. The molecule has 1 aromatic rings. The van der Waals surface area contributed by atoms with E-state index >= 15 is 0 Å². The summed E-state index contributed by atoms with van der Waals surface area (Å²) < 4.78 is 5.86. The van der Waals surface area contributed by atoms with Gasteiger partial charge in [0.25, 0.3) is 0 Å². The number of ether oxygens (including phenoxy) is 1. The molecule has 0 N–H and O–H groups in total. The normalized spacial score (nSPS) is 20.4. The molecule has 0 amide bonds. The van der Waals surface area contributed by atoms with Crippen molar-refractivity contribution in [3.05, 3.63) is 23.0 Å². The Kier molecular flexibility index (Phi) is 4.00. The Balaban J connectivity index is 1.78. The van der Waals surface area contributed by atoms with Gasteiger partial charge in [0.15, 0.2) is 5.15 Å². The Labute approximate surface area is 108 Å². The number of halogens is 1. The smallest absolute Gasteiger partial charge is 0.151 e. The summed E-state index contributed by atoms with van der Waals surface area (Å²) in [5, 5.41) is 8.21. The van der Waals surface area contributed by atoms with Gasteiger partial charge in [-0.2, -0.15) is 5.10 Å². The molecule has 1 aliphatic carbocycles. The minimum absolute atomic E-state index is 0.375. The average molecular weight is 255 g/mol.